The zero-order valence-electron chi connectivity index (χ0n) is 10.8. The average Bonchev–Trinajstić information content (AvgIpc) is 2.96. The number of pyridine rings is 1. The predicted octanol–water partition coefficient (Wildman–Crippen LogP) is 4.39. The Morgan fingerprint density at radius 2 is 1.86 bits per heavy atom. The molecule has 3 aromatic rings. The van der Waals surface area contributed by atoms with Crippen LogP contribution < -0.4 is 4.74 Å². The van der Waals surface area contributed by atoms with Gasteiger partial charge in [-0.3, -0.25) is 0 Å². The molecule has 1 aromatic carbocycles. The highest BCUT2D eigenvalue weighted by Crippen LogP contribution is 2.33. The molecule has 0 spiro atoms. The molecule has 0 aliphatic carbocycles. The molecule has 0 amide bonds. The lowest BCUT2D eigenvalue weighted by atomic mass is 10.2. The van der Waals surface area contributed by atoms with Gasteiger partial charge >= 0.3 is 6.18 Å². The molecule has 21 heavy (non-hydrogen) atoms. The van der Waals surface area contributed by atoms with Crippen LogP contribution in [0.1, 0.15) is 5.69 Å². The lowest BCUT2D eigenvalue weighted by Gasteiger charge is -2.03. The largest absolute Gasteiger partial charge is 0.497 e. The summed E-state index contributed by atoms with van der Waals surface area (Å²) in [6, 6.07) is 8.83. The number of nitrogens with zero attached hydrogens (tertiary/aromatic N) is 2. The Kier molecular flexibility index (Phi) is 3.29. The molecule has 0 saturated carbocycles. The minimum absolute atomic E-state index is 0.243. The molecule has 7 heteroatoms. The van der Waals surface area contributed by atoms with Crippen molar-refractivity contribution in [3.05, 3.63) is 41.4 Å². The number of hydrogen-bond donors (Lipinski definition) is 0. The normalized spacial score (nSPS) is 11.8. The number of thiazole rings is 1. The van der Waals surface area contributed by atoms with E-state index in [1.165, 1.54) is 0 Å². The second kappa shape index (κ2) is 5.00. The number of ether oxygens (including phenoxy) is 1. The summed E-state index contributed by atoms with van der Waals surface area (Å²) in [4.78, 5) is 7.95. The summed E-state index contributed by atoms with van der Waals surface area (Å²) < 4.78 is 42.8. The Labute approximate surface area is 122 Å². The summed E-state index contributed by atoms with van der Waals surface area (Å²) in [5.74, 6) is 0.641. The van der Waals surface area contributed by atoms with Crippen molar-refractivity contribution >= 4 is 22.2 Å². The van der Waals surface area contributed by atoms with E-state index in [0.717, 1.165) is 22.1 Å². The van der Waals surface area contributed by atoms with Gasteiger partial charge in [0, 0.05) is 16.8 Å². The fourth-order valence-electron chi connectivity index (χ4n) is 1.86. The van der Waals surface area contributed by atoms with Crippen LogP contribution in [0.25, 0.3) is 21.6 Å². The molecule has 0 aliphatic heterocycles. The second-order valence-electron chi connectivity index (χ2n) is 4.29. The van der Waals surface area contributed by atoms with Crippen molar-refractivity contribution in [1.82, 2.24) is 9.97 Å². The number of halogens is 3. The van der Waals surface area contributed by atoms with E-state index in [1.807, 2.05) is 6.07 Å². The quantitative estimate of drug-likeness (QED) is 0.704. The molecule has 0 radical (unpaired) electrons. The van der Waals surface area contributed by atoms with Gasteiger partial charge in [0.2, 0.25) is 0 Å². The second-order valence-corrected chi connectivity index (χ2v) is 5.15. The Balaban J connectivity index is 2.06. The van der Waals surface area contributed by atoms with Crippen molar-refractivity contribution in [3.8, 4) is 16.5 Å². The maximum atomic E-state index is 12.6. The van der Waals surface area contributed by atoms with Gasteiger partial charge in [0.15, 0.2) is 5.69 Å². The highest BCUT2D eigenvalue weighted by molar-refractivity contribution is 7.13. The number of aromatic nitrogens is 2. The van der Waals surface area contributed by atoms with Crippen molar-refractivity contribution in [2.45, 2.75) is 6.18 Å². The van der Waals surface area contributed by atoms with Crippen LogP contribution in [0, 0.1) is 0 Å². The Hall–Kier alpha value is -2.15. The molecule has 3 rings (SSSR count). The summed E-state index contributed by atoms with van der Waals surface area (Å²) in [5, 5.41) is 2.12. The Bertz CT molecular complexity index is 798. The molecule has 0 atom stereocenters. The number of alkyl halides is 3. The molecular formula is C14H9F3N2OS. The van der Waals surface area contributed by atoms with Crippen LogP contribution >= 0.6 is 11.3 Å². The summed E-state index contributed by atoms with van der Waals surface area (Å²) >= 11 is 0.923. The first-order chi connectivity index (χ1) is 9.97. The van der Waals surface area contributed by atoms with Gasteiger partial charge in [-0.05, 0) is 18.2 Å². The van der Waals surface area contributed by atoms with E-state index in [4.69, 9.17) is 4.74 Å². The molecular weight excluding hydrogens is 301 g/mol. The first kappa shape index (κ1) is 13.8. The highest BCUT2D eigenvalue weighted by atomic mass is 32.1. The maximum Gasteiger partial charge on any atom is 0.434 e. The molecule has 0 bridgehead atoms. The van der Waals surface area contributed by atoms with Crippen molar-refractivity contribution in [3.63, 3.8) is 0 Å². The van der Waals surface area contributed by atoms with Crippen LogP contribution in [-0.4, -0.2) is 17.1 Å². The highest BCUT2D eigenvalue weighted by Gasteiger charge is 2.33. The third-order valence-corrected chi connectivity index (χ3v) is 3.78. The van der Waals surface area contributed by atoms with E-state index >= 15 is 0 Å². The van der Waals surface area contributed by atoms with Crippen LogP contribution in [0.4, 0.5) is 13.2 Å². The van der Waals surface area contributed by atoms with Crippen molar-refractivity contribution in [2.24, 2.45) is 0 Å². The minimum atomic E-state index is -4.44. The van der Waals surface area contributed by atoms with Crippen LogP contribution in [0.15, 0.2) is 35.7 Å². The van der Waals surface area contributed by atoms with Gasteiger partial charge in [0.05, 0.1) is 18.3 Å². The maximum absolute atomic E-state index is 12.6. The van der Waals surface area contributed by atoms with E-state index in [-0.39, 0.29) is 5.01 Å². The van der Waals surface area contributed by atoms with Crippen LogP contribution in [-0.2, 0) is 6.18 Å². The number of rotatable bonds is 2. The predicted molar refractivity (Wildman–Crippen MR) is 74.4 cm³/mol. The summed E-state index contributed by atoms with van der Waals surface area (Å²) in [7, 11) is 1.54. The summed E-state index contributed by atoms with van der Waals surface area (Å²) in [6.07, 6.45) is -4.44. The van der Waals surface area contributed by atoms with Gasteiger partial charge in [-0.25, -0.2) is 9.97 Å². The molecule has 2 heterocycles. The molecule has 0 saturated heterocycles. The van der Waals surface area contributed by atoms with Gasteiger partial charge in [-0.15, -0.1) is 11.3 Å². The standard InChI is InChI=1S/C14H9F3N2OS/c1-20-9-4-2-8-3-5-10(18-11(8)6-9)13-19-12(7-21-13)14(15,16)17/h2-7H,1H3. The zero-order valence-corrected chi connectivity index (χ0v) is 11.6. The zero-order chi connectivity index (χ0) is 15.0. The SMILES string of the molecule is COc1ccc2ccc(-c3nc(C(F)(F)F)cs3)nc2c1. The number of benzene rings is 1. The van der Waals surface area contributed by atoms with Gasteiger partial charge in [-0.2, -0.15) is 13.2 Å². The van der Waals surface area contributed by atoms with Gasteiger partial charge < -0.3 is 4.74 Å². The lowest BCUT2D eigenvalue weighted by molar-refractivity contribution is -0.140. The third-order valence-electron chi connectivity index (χ3n) is 2.91. The van der Waals surface area contributed by atoms with Crippen LogP contribution in [0.5, 0.6) is 5.75 Å². The molecule has 0 aliphatic rings. The number of fused-ring (bicyclic) bond motifs is 1. The topological polar surface area (TPSA) is 35.0 Å². The van der Waals surface area contributed by atoms with Crippen LogP contribution in [0.3, 0.4) is 0 Å². The molecule has 0 fully saturated rings. The lowest BCUT2D eigenvalue weighted by Crippen LogP contribution is -2.04. The van der Waals surface area contributed by atoms with E-state index < -0.39 is 11.9 Å². The molecule has 2 aromatic heterocycles. The van der Waals surface area contributed by atoms with Gasteiger partial charge in [-0.1, -0.05) is 6.07 Å². The molecule has 0 N–H and O–H groups in total. The summed E-state index contributed by atoms with van der Waals surface area (Å²) in [6.45, 7) is 0. The fourth-order valence-corrected chi connectivity index (χ4v) is 2.66. The average molecular weight is 310 g/mol. The van der Waals surface area contributed by atoms with E-state index in [1.54, 1.807) is 31.4 Å². The van der Waals surface area contributed by atoms with Crippen molar-refractivity contribution in [1.29, 1.82) is 0 Å². The minimum Gasteiger partial charge on any atom is -0.497 e. The van der Waals surface area contributed by atoms with E-state index in [9.17, 15) is 13.2 Å². The van der Waals surface area contributed by atoms with E-state index in [2.05, 4.69) is 9.97 Å². The number of methoxy groups -OCH3 is 1. The first-order valence-electron chi connectivity index (χ1n) is 5.95. The first-order valence-corrected chi connectivity index (χ1v) is 6.83. The monoisotopic (exact) mass is 310 g/mol. The third kappa shape index (κ3) is 2.69. The van der Waals surface area contributed by atoms with Crippen molar-refractivity contribution in [2.75, 3.05) is 7.11 Å². The Morgan fingerprint density at radius 3 is 2.52 bits per heavy atom. The Morgan fingerprint density at radius 1 is 1.10 bits per heavy atom. The number of hydrogen-bond acceptors (Lipinski definition) is 4. The molecule has 108 valence electrons. The fraction of sp³-hybridized carbons (Fsp3) is 0.143. The smallest absolute Gasteiger partial charge is 0.434 e. The molecule has 3 nitrogen and oxygen atoms in total. The van der Waals surface area contributed by atoms with Gasteiger partial charge in [0.1, 0.15) is 10.8 Å². The van der Waals surface area contributed by atoms with E-state index in [0.29, 0.717) is 17.0 Å². The van der Waals surface area contributed by atoms with Crippen molar-refractivity contribution < 1.29 is 17.9 Å². The van der Waals surface area contributed by atoms with Gasteiger partial charge in [0.25, 0.3) is 0 Å². The molecule has 0 unspecified atom stereocenters. The van der Waals surface area contributed by atoms with Crippen LogP contribution in [0.2, 0.25) is 0 Å². The summed E-state index contributed by atoms with van der Waals surface area (Å²) in [5.41, 5.74) is 0.168.